The number of rotatable bonds is 7. The van der Waals surface area contributed by atoms with Crippen molar-refractivity contribution in [3.8, 4) is 0 Å². The van der Waals surface area contributed by atoms with Gasteiger partial charge in [0.25, 0.3) is 0 Å². The number of allylic oxidation sites excluding steroid dienone is 2. The summed E-state index contributed by atoms with van der Waals surface area (Å²) in [6, 6.07) is -1.04. The maximum atomic E-state index is 12.8. The number of aliphatic hydroxyl groups is 2. The van der Waals surface area contributed by atoms with E-state index in [1.807, 2.05) is 12.3 Å². The van der Waals surface area contributed by atoms with E-state index in [2.05, 4.69) is 10.6 Å². The van der Waals surface area contributed by atoms with Gasteiger partial charge in [-0.25, -0.2) is 0 Å². The lowest BCUT2D eigenvalue weighted by Gasteiger charge is -2.41. The zero-order valence-electron chi connectivity index (χ0n) is 16.1. The van der Waals surface area contributed by atoms with E-state index in [1.165, 1.54) is 17.8 Å². The summed E-state index contributed by atoms with van der Waals surface area (Å²) >= 11 is 7.67. The van der Waals surface area contributed by atoms with Crippen LogP contribution in [0.25, 0.3) is 0 Å². The fraction of sp³-hybridized carbons (Fsp3) is 0.684. The lowest BCUT2D eigenvalue weighted by atomic mass is 9.95. The Balaban J connectivity index is 2.05. The number of aldehydes is 1. The number of hydrogen-bond acceptors (Lipinski definition) is 7. The summed E-state index contributed by atoms with van der Waals surface area (Å²) in [6.45, 7) is 2.35. The molecule has 28 heavy (non-hydrogen) atoms. The Morgan fingerprint density at radius 3 is 2.86 bits per heavy atom. The molecule has 6 unspecified atom stereocenters. The van der Waals surface area contributed by atoms with Crippen molar-refractivity contribution < 1.29 is 24.5 Å². The molecule has 7 atom stereocenters. The number of halogens is 1. The number of thioether (sulfide) groups is 1. The monoisotopic (exact) mass is 432 g/mol. The van der Waals surface area contributed by atoms with E-state index in [9.17, 15) is 19.8 Å². The van der Waals surface area contributed by atoms with Gasteiger partial charge in [0.1, 0.15) is 17.8 Å². The predicted octanol–water partition coefficient (Wildman–Crippen LogP) is 0.732. The average molecular weight is 433 g/mol. The van der Waals surface area contributed by atoms with Crippen molar-refractivity contribution in [2.24, 2.45) is 0 Å². The normalized spacial score (nSPS) is 33.6. The molecule has 0 spiro atoms. The van der Waals surface area contributed by atoms with Crippen molar-refractivity contribution >= 4 is 35.6 Å². The van der Waals surface area contributed by atoms with Gasteiger partial charge in [0, 0.05) is 6.42 Å². The van der Waals surface area contributed by atoms with Crippen molar-refractivity contribution in [2.75, 3.05) is 12.8 Å². The summed E-state index contributed by atoms with van der Waals surface area (Å²) in [7, 11) is 0. The maximum Gasteiger partial charge on any atom is 0.237 e. The largest absolute Gasteiger partial charge is 0.390 e. The summed E-state index contributed by atoms with van der Waals surface area (Å²) < 4.78 is 5.85. The molecule has 158 valence electrons. The molecule has 0 aliphatic carbocycles. The Hall–Kier alpha value is -0.900. The smallest absolute Gasteiger partial charge is 0.237 e. The van der Waals surface area contributed by atoms with Crippen LogP contribution in [0.4, 0.5) is 0 Å². The van der Waals surface area contributed by atoms with Crippen molar-refractivity contribution in [3.05, 3.63) is 23.8 Å². The Bertz CT molecular complexity index is 601. The van der Waals surface area contributed by atoms with Crippen LogP contribution in [0.3, 0.4) is 0 Å². The first-order chi connectivity index (χ1) is 13.4. The summed E-state index contributed by atoms with van der Waals surface area (Å²) in [5.41, 5.74) is 0.523. The highest BCUT2D eigenvalue weighted by atomic mass is 35.5. The number of ether oxygens (including phenoxy) is 1. The van der Waals surface area contributed by atoms with Crippen molar-refractivity contribution in [1.82, 2.24) is 10.6 Å². The first-order valence-electron chi connectivity index (χ1n) is 9.40. The first-order valence-corrected chi connectivity index (χ1v) is 11.1. The summed E-state index contributed by atoms with van der Waals surface area (Å²) in [5.74, 6) is -0.225. The lowest BCUT2D eigenvalue weighted by Crippen LogP contribution is -2.60. The lowest BCUT2D eigenvalue weighted by molar-refractivity contribution is -0.151. The molecule has 2 rings (SSSR count). The quantitative estimate of drug-likeness (QED) is 0.267. The third-order valence-corrected chi connectivity index (χ3v) is 6.14. The third kappa shape index (κ3) is 6.30. The molecule has 2 aliphatic rings. The zero-order chi connectivity index (χ0) is 20.7. The van der Waals surface area contributed by atoms with Gasteiger partial charge in [0.05, 0.1) is 29.7 Å². The highest BCUT2D eigenvalue weighted by Crippen LogP contribution is 2.29. The van der Waals surface area contributed by atoms with Gasteiger partial charge in [-0.3, -0.25) is 9.59 Å². The fourth-order valence-electron chi connectivity index (χ4n) is 3.45. The van der Waals surface area contributed by atoms with Gasteiger partial charge in [-0.2, -0.15) is 0 Å². The van der Waals surface area contributed by atoms with Crippen LogP contribution in [0.1, 0.15) is 26.2 Å². The van der Waals surface area contributed by atoms with Crippen molar-refractivity contribution in [1.29, 1.82) is 0 Å². The minimum Gasteiger partial charge on any atom is -0.390 e. The van der Waals surface area contributed by atoms with Crippen LogP contribution in [0.15, 0.2) is 23.8 Å². The Morgan fingerprint density at radius 1 is 1.46 bits per heavy atom. The first kappa shape index (κ1) is 23.4. The molecule has 2 aliphatic heterocycles. The third-order valence-electron chi connectivity index (χ3n) is 4.98. The van der Waals surface area contributed by atoms with E-state index >= 15 is 0 Å². The van der Waals surface area contributed by atoms with E-state index < -0.39 is 41.2 Å². The second-order valence-corrected chi connectivity index (χ2v) is 8.68. The second kappa shape index (κ2) is 11.3. The number of nitrogens with one attached hydrogen (secondary N) is 2. The van der Waals surface area contributed by atoms with Crippen molar-refractivity contribution in [3.63, 3.8) is 0 Å². The molecule has 1 amide bonds. The summed E-state index contributed by atoms with van der Waals surface area (Å²) in [4.78, 5) is 23.3. The summed E-state index contributed by atoms with van der Waals surface area (Å²) in [6.07, 6.45) is 6.65. The Labute approximate surface area is 174 Å². The van der Waals surface area contributed by atoms with Crippen LogP contribution in [0, 0.1) is 0 Å². The number of carbonyl (C=O) groups excluding carboxylic acids is 2. The van der Waals surface area contributed by atoms with Gasteiger partial charge in [-0.05, 0) is 38.6 Å². The molecule has 0 bridgehead atoms. The van der Waals surface area contributed by atoms with Gasteiger partial charge < -0.3 is 25.6 Å². The number of aliphatic hydroxyl groups excluding tert-OH is 2. The number of amides is 1. The van der Waals surface area contributed by atoms with Crippen LogP contribution >= 0.6 is 23.4 Å². The van der Waals surface area contributed by atoms with Gasteiger partial charge in [-0.15, -0.1) is 23.4 Å². The van der Waals surface area contributed by atoms with Crippen molar-refractivity contribution in [2.45, 2.75) is 67.4 Å². The van der Waals surface area contributed by atoms with E-state index in [0.717, 1.165) is 18.3 Å². The van der Waals surface area contributed by atoms with E-state index in [4.69, 9.17) is 16.3 Å². The minimum absolute atomic E-state index is 0.170. The van der Waals surface area contributed by atoms with Crippen LogP contribution in [0.5, 0.6) is 0 Å². The molecular formula is C19H29ClN2O5S. The molecular weight excluding hydrogens is 404 g/mol. The number of hydrogen-bond donors (Lipinski definition) is 4. The maximum absolute atomic E-state index is 12.8. The second-order valence-electron chi connectivity index (χ2n) is 7.05. The van der Waals surface area contributed by atoms with Gasteiger partial charge in [-0.1, -0.05) is 17.7 Å². The molecule has 2 heterocycles. The molecule has 9 heteroatoms. The van der Waals surface area contributed by atoms with Gasteiger partial charge in [0.2, 0.25) is 5.91 Å². The van der Waals surface area contributed by atoms with E-state index in [0.29, 0.717) is 13.0 Å². The van der Waals surface area contributed by atoms with Crippen LogP contribution in [0.2, 0.25) is 0 Å². The average Bonchev–Trinajstić information content (AvgIpc) is 2.90. The highest BCUT2D eigenvalue weighted by molar-refractivity contribution is 7.99. The van der Waals surface area contributed by atoms with Crippen LogP contribution in [-0.2, 0) is 14.3 Å². The van der Waals surface area contributed by atoms with Gasteiger partial charge in [0.15, 0.2) is 0 Å². The molecule has 1 saturated heterocycles. The van der Waals surface area contributed by atoms with Gasteiger partial charge >= 0.3 is 0 Å². The molecule has 0 radical (unpaired) electrons. The SMILES string of the molecule is CSC1OC(C(NC(=O)C2CC=C(/C=C/C=O)CCN2)C(C)Cl)[C@@H](O)CC1O. The predicted molar refractivity (Wildman–Crippen MR) is 110 cm³/mol. The van der Waals surface area contributed by atoms with Crippen LogP contribution in [-0.4, -0.2) is 76.4 Å². The Morgan fingerprint density at radius 2 is 2.21 bits per heavy atom. The summed E-state index contributed by atoms with van der Waals surface area (Å²) in [5, 5.41) is 26.0. The van der Waals surface area contributed by atoms with E-state index in [-0.39, 0.29) is 12.3 Å². The number of carbonyl (C=O) groups is 2. The minimum atomic E-state index is -0.924. The Kier molecular flexibility index (Phi) is 9.46. The van der Waals surface area contributed by atoms with E-state index in [1.54, 1.807) is 13.0 Å². The molecule has 7 nitrogen and oxygen atoms in total. The molecule has 0 aromatic rings. The topological polar surface area (TPSA) is 108 Å². The number of alkyl halides is 1. The highest BCUT2D eigenvalue weighted by Gasteiger charge is 2.42. The molecule has 0 aromatic heterocycles. The zero-order valence-corrected chi connectivity index (χ0v) is 17.7. The molecule has 4 N–H and O–H groups in total. The fourth-order valence-corrected chi connectivity index (χ4v) is 4.32. The molecule has 1 fully saturated rings. The molecule has 0 aromatic carbocycles. The standard InChI is InChI=1S/C19H29ClN2O5S/c1-11(20)16(17-14(24)10-15(25)19(27-17)28-2)22-18(26)13-6-5-12(4-3-9-23)7-8-21-13/h3-5,9,11,13-17,19,21,24-25H,6-8,10H2,1-2H3,(H,22,26)/b4-3+/t11?,13?,14-,15?,16?,17?,19?/m0/s1. The van der Waals surface area contributed by atoms with Crippen LogP contribution < -0.4 is 10.6 Å². The molecule has 0 saturated carbocycles.